The normalized spacial score (nSPS) is 12.4. The van der Waals surface area contributed by atoms with E-state index in [0.29, 0.717) is 25.1 Å². The van der Waals surface area contributed by atoms with Gasteiger partial charge in [0.25, 0.3) is 0 Å². The zero-order valence-corrected chi connectivity index (χ0v) is 18.9. The number of phenolic OH excluding ortho intramolecular Hbond substituents is 1. The predicted octanol–water partition coefficient (Wildman–Crippen LogP) is 1.07. The molecule has 0 aliphatic rings. The molecule has 33 heavy (non-hydrogen) atoms. The monoisotopic (exact) mass is 457 g/mol. The minimum Gasteiger partial charge on any atom is -0.504 e. The largest absolute Gasteiger partial charge is 0.504 e. The van der Waals surface area contributed by atoms with Crippen LogP contribution in [-0.2, 0) is 32.0 Å². The average molecular weight is 458 g/mol. The summed E-state index contributed by atoms with van der Waals surface area (Å²) in [6.07, 6.45) is 1.31. The number of methoxy groups -OCH3 is 2. The quantitative estimate of drug-likeness (QED) is 0.260. The molecule has 0 aliphatic carbocycles. The summed E-state index contributed by atoms with van der Waals surface area (Å²) >= 11 is 0. The molecule has 0 saturated heterocycles. The van der Waals surface area contributed by atoms with Crippen molar-refractivity contribution in [2.45, 2.75) is 37.8 Å². The van der Waals surface area contributed by atoms with E-state index in [1.165, 1.54) is 14.2 Å². The summed E-state index contributed by atoms with van der Waals surface area (Å²) in [5.74, 6) is -1.28. The molecule has 2 aromatic carbocycles. The van der Waals surface area contributed by atoms with Crippen molar-refractivity contribution in [3.63, 3.8) is 0 Å². The third-order valence-electron chi connectivity index (χ3n) is 5.08. The lowest BCUT2D eigenvalue weighted by molar-refractivity contribution is -0.145. The maximum absolute atomic E-state index is 12.8. The standard InChI is InChI=1S/C24H31N3O6/c1-32-21-11-10-17(14-20(21)28)9-6-12-26-18(15-22(25)29)23(30)27-19(24(31)33-2)13-16-7-4-3-5-8-16/h3-5,7-8,10-11,14,18-19,26,28H,6,9,12-13,15H2,1-2H3,(H2,25,29)(H,27,30)/t18-,19-/m0/s1. The molecule has 0 heterocycles. The Balaban J connectivity index is 1.95. The van der Waals surface area contributed by atoms with E-state index in [4.69, 9.17) is 15.2 Å². The lowest BCUT2D eigenvalue weighted by atomic mass is 10.0. The first-order valence-electron chi connectivity index (χ1n) is 10.6. The van der Waals surface area contributed by atoms with Gasteiger partial charge in [-0.15, -0.1) is 0 Å². The van der Waals surface area contributed by atoms with Crippen molar-refractivity contribution in [2.24, 2.45) is 5.73 Å². The molecule has 2 rings (SSSR count). The number of hydrogen-bond acceptors (Lipinski definition) is 7. The Labute approximate surface area is 193 Å². The maximum atomic E-state index is 12.8. The molecule has 9 nitrogen and oxygen atoms in total. The van der Waals surface area contributed by atoms with Crippen molar-refractivity contribution in [2.75, 3.05) is 20.8 Å². The fourth-order valence-corrected chi connectivity index (χ4v) is 3.38. The fourth-order valence-electron chi connectivity index (χ4n) is 3.38. The number of primary amides is 1. The summed E-state index contributed by atoms with van der Waals surface area (Å²) in [7, 11) is 2.73. The van der Waals surface area contributed by atoms with Crippen molar-refractivity contribution < 1.29 is 29.0 Å². The highest BCUT2D eigenvalue weighted by molar-refractivity contribution is 5.91. The first kappa shape index (κ1) is 25.7. The van der Waals surface area contributed by atoms with Gasteiger partial charge in [-0.05, 0) is 42.6 Å². The number of nitrogens with two attached hydrogens (primary N) is 1. The third kappa shape index (κ3) is 8.46. The van der Waals surface area contributed by atoms with Gasteiger partial charge in [-0.25, -0.2) is 4.79 Å². The SMILES string of the molecule is COC(=O)[C@H](Cc1ccccc1)NC(=O)[C@H](CC(N)=O)NCCCc1ccc(OC)c(O)c1. The average Bonchev–Trinajstić information content (AvgIpc) is 2.80. The van der Waals surface area contributed by atoms with E-state index in [-0.39, 0.29) is 18.6 Å². The number of rotatable bonds is 13. The van der Waals surface area contributed by atoms with E-state index in [1.807, 2.05) is 36.4 Å². The summed E-state index contributed by atoms with van der Waals surface area (Å²) in [5, 5.41) is 15.6. The molecule has 0 radical (unpaired) electrons. The highest BCUT2D eigenvalue weighted by atomic mass is 16.5. The second kappa shape index (κ2) is 13.1. The number of aromatic hydroxyl groups is 1. The minimum atomic E-state index is -0.899. The van der Waals surface area contributed by atoms with Gasteiger partial charge in [0.05, 0.1) is 26.7 Å². The van der Waals surface area contributed by atoms with E-state index in [9.17, 15) is 19.5 Å². The van der Waals surface area contributed by atoms with Gasteiger partial charge in [-0.2, -0.15) is 0 Å². The number of carbonyl (C=O) groups is 3. The Morgan fingerprint density at radius 2 is 1.76 bits per heavy atom. The van der Waals surface area contributed by atoms with Crippen molar-refractivity contribution >= 4 is 17.8 Å². The van der Waals surface area contributed by atoms with Crippen LogP contribution in [0.15, 0.2) is 48.5 Å². The number of carbonyl (C=O) groups excluding carboxylic acids is 3. The van der Waals surface area contributed by atoms with Gasteiger partial charge in [0.2, 0.25) is 11.8 Å². The van der Waals surface area contributed by atoms with Crippen molar-refractivity contribution in [3.05, 3.63) is 59.7 Å². The van der Waals surface area contributed by atoms with Gasteiger partial charge < -0.3 is 30.9 Å². The highest BCUT2D eigenvalue weighted by Crippen LogP contribution is 2.26. The number of amides is 2. The first-order valence-corrected chi connectivity index (χ1v) is 10.6. The molecule has 2 amide bonds. The molecule has 0 fully saturated rings. The number of esters is 1. The third-order valence-corrected chi connectivity index (χ3v) is 5.08. The highest BCUT2D eigenvalue weighted by Gasteiger charge is 2.27. The molecular weight excluding hydrogens is 426 g/mol. The summed E-state index contributed by atoms with van der Waals surface area (Å²) in [4.78, 5) is 36.6. The van der Waals surface area contributed by atoms with Crippen LogP contribution < -0.4 is 21.1 Å². The molecule has 0 aliphatic heterocycles. The molecule has 0 bridgehead atoms. The van der Waals surface area contributed by atoms with Crippen LogP contribution in [0.2, 0.25) is 0 Å². The second-order valence-corrected chi connectivity index (χ2v) is 7.56. The number of ether oxygens (including phenoxy) is 2. The van der Waals surface area contributed by atoms with Crippen LogP contribution in [0.1, 0.15) is 24.0 Å². The Morgan fingerprint density at radius 1 is 1.03 bits per heavy atom. The van der Waals surface area contributed by atoms with Crippen LogP contribution in [0.5, 0.6) is 11.5 Å². The second-order valence-electron chi connectivity index (χ2n) is 7.56. The molecule has 0 spiro atoms. The maximum Gasteiger partial charge on any atom is 0.328 e. The van der Waals surface area contributed by atoms with E-state index in [0.717, 1.165) is 11.1 Å². The fraction of sp³-hybridized carbons (Fsp3) is 0.375. The number of hydrogen-bond donors (Lipinski definition) is 4. The summed E-state index contributed by atoms with van der Waals surface area (Å²) in [6, 6.07) is 12.6. The molecule has 0 unspecified atom stereocenters. The smallest absolute Gasteiger partial charge is 0.328 e. The number of nitrogens with one attached hydrogen (secondary N) is 2. The number of benzene rings is 2. The molecule has 2 atom stereocenters. The molecule has 178 valence electrons. The summed E-state index contributed by atoms with van der Waals surface area (Å²) < 4.78 is 9.86. The Morgan fingerprint density at radius 3 is 2.36 bits per heavy atom. The lowest BCUT2D eigenvalue weighted by Crippen LogP contribution is -2.52. The Kier molecular flexibility index (Phi) is 10.2. The van der Waals surface area contributed by atoms with Gasteiger partial charge in [-0.3, -0.25) is 9.59 Å². The first-order chi connectivity index (χ1) is 15.8. The van der Waals surface area contributed by atoms with Gasteiger partial charge >= 0.3 is 5.97 Å². The van der Waals surface area contributed by atoms with Crippen LogP contribution in [0.3, 0.4) is 0 Å². The number of phenols is 1. The summed E-state index contributed by atoms with van der Waals surface area (Å²) in [5.41, 5.74) is 7.08. The van der Waals surface area contributed by atoms with Crippen molar-refractivity contribution in [1.82, 2.24) is 10.6 Å². The van der Waals surface area contributed by atoms with Gasteiger partial charge in [-0.1, -0.05) is 36.4 Å². The Bertz CT molecular complexity index is 935. The van der Waals surface area contributed by atoms with Gasteiger partial charge in [0.15, 0.2) is 11.5 Å². The van der Waals surface area contributed by atoms with Crippen LogP contribution >= 0.6 is 0 Å². The lowest BCUT2D eigenvalue weighted by Gasteiger charge is -2.22. The van der Waals surface area contributed by atoms with Crippen LogP contribution in [-0.4, -0.2) is 55.7 Å². The van der Waals surface area contributed by atoms with Gasteiger partial charge in [0.1, 0.15) is 6.04 Å². The number of aryl methyl sites for hydroxylation is 1. The molecule has 0 saturated carbocycles. The summed E-state index contributed by atoms with van der Waals surface area (Å²) in [6.45, 7) is 0.416. The van der Waals surface area contributed by atoms with Crippen molar-refractivity contribution in [1.29, 1.82) is 0 Å². The van der Waals surface area contributed by atoms with E-state index >= 15 is 0 Å². The van der Waals surface area contributed by atoms with Crippen LogP contribution in [0.25, 0.3) is 0 Å². The topological polar surface area (TPSA) is 140 Å². The van der Waals surface area contributed by atoms with Crippen LogP contribution in [0, 0.1) is 0 Å². The molecule has 5 N–H and O–H groups in total. The molecule has 2 aromatic rings. The van der Waals surface area contributed by atoms with Gasteiger partial charge in [0, 0.05) is 6.42 Å². The molecular formula is C24H31N3O6. The molecule has 9 heteroatoms. The van der Waals surface area contributed by atoms with E-state index in [1.54, 1.807) is 12.1 Å². The van der Waals surface area contributed by atoms with Crippen LogP contribution in [0.4, 0.5) is 0 Å². The van der Waals surface area contributed by atoms with E-state index < -0.39 is 29.9 Å². The predicted molar refractivity (Wildman–Crippen MR) is 123 cm³/mol. The molecule has 0 aromatic heterocycles. The minimum absolute atomic E-state index is 0.0567. The zero-order valence-electron chi connectivity index (χ0n) is 18.9. The van der Waals surface area contributed by atoms with Crippen molar-refractivity contribution in [3.8, 4) is 11.5 Å². The Hall–Kier alpha value is -3.59. The zero-order chi connectivity index (χ0) is 24.2. The van der Waals surface area contributed by atoms with E-state index in [2.05, 4.69) is 10.6 Å².